The molecule has 4 heteroatoms. The molecule has 0 saturated heterocycles. The second-order valence-corrected chi connectivity index (χ2v) is 6.22. The average Bonchev–Trinajstić information content (AvgIpc) is 2.61. The molecule has 0 bridgehead atoms. The van der Waals surface area contributed by atoms with Gasteiger partial charge in [-0.05, 0) is 55.7 Å². The molecular weight excluding hydrogens is 302 g/mol. The van der Waals surface area contributed by atoms with Crippen molar-refractivity contribution in [3.8, 4) is 5.75 Å². The van der Waals surface area contributed by atoms with Gasteiger partial charge in [-0.1, -0.05) is 18.2 Å². The molecular formula is C20H23NO3. The number of Topliss-reactive ketones (excluding diaryl/α,β-unsaturated/α-hetero) is 1. The second-order valence-electron chi connectivity index (χ2n) is 6.22. The zero-order valence-corrected chi connectivity index (χ0v) is 13.9. The van der Waals surface area contributed by atoms with Gasteiger partial charge >= 0.3 is 0 Å². The summed E-state index contributed by atoms with van der Waals surface area (Å²) in [7, 11) is 0. The van der Waals surface area contributed by atoms with Crippen LogP contribution in [0.15, 0.2) is 48.5 Å². The number of fused-ring (bicyclic) bond motifs is 1. The molecule has 3 rings (SSSR count). The first-order chi connectivity index (χ1) is 11.6. The first kappa shape index (κ1) is 16.5. The van der Waals surface area contributed by atoms with E-state index in [1.165, 1.54) is 18.2 Å². The number of benzene rings is 2. The molecule has 4 nitrogen and oxygen atoms in total. The van der Waals surface area contributed by atoms with E-state index in [0.29, 0.717) is 17.9 Å². The maximum Gasteiger partial charge on any atom is 0.159 e. The van der Waals surface area contributed by atoms with E-state index in [1.807, 2.05) is 6.07 Å². The van der Waals surface area contributed by atoms with Gasteiger partial charge in [-0.2, -0.15) is 0 Å². The summed E-state index contributed by atoms with van der Waals surface area (Å²) in [6, 6.07) is 15.4. The van der Waals surface area contributed by atoms with Gasteiger partial charge in [0.1, 0.15) is 18.5 Å². The van der Waals surface area contributed by atoms with Gasteiger partial charge in [0.2, 0.25) is 0 Å². The van der Waals surface area contributed by atoms with Crippen molar-refractivity contribution in [2.75, 3.05) is 24.6 Å². The highest BCUT2D eigenvalue weighted by Crippen LogP contribution is 2.26. The SMILES string of the molecule is CC(=O)c1ccc(OC[C@@H](O)CN2CCCc3ccccc32)cc1. The Morgan fingerprint density at radius 3 is 2.71 bits per heavy atom. The Morgan fingerprint density at radius 2 is 1.96 bits per heavy atom. The van der Waals surface area contributed by atoms with E-state index in [4.69, 9.17) is 4.74 Å². The summed E-state index contributed by atoms with van der Waals surface area (Å²) in [5, 5.41) is 10.3. The maximum atomic E-state index is 11.3. The van der Waals surface area contributed by atoms with Crippen molar-refractivity contribution in [2.24, 2.45) is 0 Å². The summed E-state index contributed by atoms with van der Waals surface area (Å²) in [4.78, 5) is 13.5. The molecule has 2 aromatic carbocycles. The van der Waals surface area contributed by atoms with E-state index in [-0.39, 0.29) is 12.4 Å². The average molecular weight is 325 g/mol. The molecule has 0 amide bonds. The predicted molar refractivity (Wildman–Crippen MR) is 94.9 cm³/mol. The van der Waals surface area contributed by atoms with Gasteiger partial charge in [0, 0.05) is 24.3 Å². The number of anilines is 1. The lowest BCUT2D eigenvalue weighted by molar-refractivity contribution is 0.101. The zero-order chi connectivity index (χ0) is 16.9. The highest BCUT2D eigenvalue weighted by Gasteiger charge is 2.19. The lowest BCUT2D eigenvalue weighted by Crippen LogP contribution is -2.38. The quantitative estimate of drug-likeness (QED) is 0.829. The van der Waals surface area contributed by atoms with Crippen LogP contribution in [0.3, 0.4) is 0 Å². The largest absolute Gasteiger partial charge is 0.491 e. The van der Waals surface area contributed by atoms with Gasteiger partial charge in [-0.25, -0.2) is 0 Å². The van der Waals surface area contributed by atoms with Crippen LogP contribution in [0, 0.1) is 0 Å². The Balaban J connectivity index is 1.55. The fraction of sp³-hybridized carbons (Fsp3) is 0.350. The Kier molecular flexibility index (Phi) is 5.16. The van der Waals surface area contributed by atoms with E-state index < -0.39 is 6.10 Å². The number of nitrogens with zero attached hydrogens (tertiary/aromatic N) is 1. The van der Waals surface area contributed by atoms with Crippen molar-refractivity contribution in [3.05, 3.63) is 59.7 Å². The number of ether oxygens (including phenoxy) is 1. The zero-order valence-electron chi connectivity index (χ0n) is 13.9. The minimum atomic E-state index is -0.566. The Morgan fingerprint density at radius 1 is 1.21 bits per heavy atom. The van der Waals surface area contributed by atoms with Gasteiger partial charge in [0.05, 0.1) is 0 Å². The van der Waals surface area contributed by atoms with E-state index in [1.54, 1.807) is 24.3 Å². The molecule has 0 aromatic heterocycles. The maximum absolute atomic E-state index is 11.3. The van der Waals surface area contributed by atoms with Gasteiger partial charge in [-0.3, -0.25) is 4.79 Å². The number of para-hydroxylation sites is 1. The first-order valence-corrected chi connectivity index (χ1v) is 8.38. The van der Waals surface area contributed by atoms with Crippen LogP contribution in [0.1, 0.15) is 29.3 Å². The van der Waals surface area contributed by atoms with Crippen LogP contribution in [0.5, 0.6) is 5.75 Å². The summed E-state index contributed by atoms with van der Waals surface area (Å²) in [6.45, 7) is 3.29. The second kappa shape index (κ2) is 7.49. The number of hydrogen-bond donors (Lipinski definition) is 1. The number of hydrogen-bond acceptors (Lipinski definition) is 4. The number of β-amino-alcohol motifs (C(OH)–C–C–N with tert-alkyl or cyclic N) is 1. The van der Waals surface area contributed by atoms with Crippen LogP contribution >= 0.6 is 0 Å². The number of ketones is 1. The normalized spacial score (nSPS) is 14.8. The molecule has 2 aromatic rings. The molecule has 0 radical (unpaired) electrons. The number of aliphatic hydroxyl groups is 1. The molecule has 0 saturated carbocycles. The van der Waals surface area contributed by atoms with E-state index in [0.717, 1.165) is 19.4 Å². The molecule has 126 valence electrons. The molecule has 1 aliphatic rings. The van der Waals surface area contributed by atoms with Crippen LogP contribution in [0.2, 0.25) is 0 Å². The van der Waals surface area contributed by atoms with Crippen LogP contribution < -0.4 is 9.64 Å². The Hall–Kier alpha value is -2.33. The van der Waals surface area contributed by atoms with Gasteiger partial charge < -0.3 is 14.7 Å². The Labute approximate surface area is 142 Å². The number of rotatable bonds is 6. The smallest absolute Gasteiger partial charge is 0.159 e. The standard InChI is InChI=1S/C20H23NO3/c1-15(22)16-8-10-19(11-9-16)24-14-18(23)13-21-12-4-6-17-5-2-3-7-20(17)21/h2-3,5,7-11,18,23H,4,6,12-14H2,1H3/t18-/m0/s1. The lowest BCUT2D eigenvalue weighted by Gasteiger charge is -2.32. The molecule has 24 heavy (non-hydrogen) atoms. The Bertz CT molecular complexity index is 696. The molecule has 0 fully saturated rings. The third kappa shape index (κ3) is 3.95. The number of carbonyl (C=O) groups is 1. The monoisotopic (exact) mass is 325 g/mol. The highest BCUT2D eigenvalue weighted by atomic mass is 16.5. The highest BCUT2D eigenvalue weighted by molar-refractivity contribution is 5.94. The molecule has 0 spiro atoms. The van der Waals surface area contributed by atoms with E-state index in [9.17, 15) is 9.90 Å². The summed E-state index contributed by atoms with van der Waals surface area (Å²) in [5.41, 5.74) is 3.22. The molecule has 0 unspecified atom stereocenters. The summed E-state index contributed by atoms with van der Waals surface area (Å²) in [5.74, 6) is 0.698. The third-order valence-electron chi connectivity index (χ3n) is 4.34. The minimum Gasteiger partial charge on any atom is -0.491 e. The topological polar surface area (TPSA) is 49.8 Å². The molecule has 1 aliphatic heterocycles. The first-order valence-electron chi connectivity index (χ1n) is 8.38. The van der Waals surface area contributed by atoms with Crippen molar-refractivity contribution in [1.29, 1.82) is 0 Å². The summed E-state index contributed by atoms with van der Waals surface area (Å²) < 4.78 is 5.64. The fourth-order valence-electron chi connectivity index (χ4n) is 3.09. The molecule has 1 heterocycles. The fourth-order valence-corrected chi connectivity index (χ4v) is 3.09. The predicted octanol–water partition coefficient (Wildman–Crippen LogP) is 3.08. The van der Waals surface area contributed by atoms with Gasteiger partial charge in [0.15, 0.2) is 5.78 Å². The number of aliphatic hydroxyl groups excluding tert-OH is 1. The van der Waals surface area contributed by atoms with Crippen molar-refractivity contribution < 1.29 is 14.6 Å². The van der Waals surface area contributed by atoms with Gasteiger partial charge in [0.25, 0.3) is 0 Å². The number of carbonyl (C=O) groups excluding carboxylic acids is 1. The molecule has 1 N–H and O–H groups in total. The van der Waals surface area contributed by atoms with E-state index in [2.05, 4.69) is 23.1 Å². The van der Waals surface area contributed by atoms with E-state index >= 15 is 0 Å². The van der Waals surface area contributed by atoms with Crippen LogP contribution in [0.25, 0.3) is 0 Å². The third-order valence-corrected chi connectivity index (χ3v) is 4.34. The van der Waals surface area contributed by atoms with Crippen molar-refractivity contribution in [1.82, 2.24) is 0 Å². The van der Waals surface area contributed by atoms with Crippen LogP contribution in [-0.4, -0.2) is 36.7 Å². The van der Waals surface area contributed by atoms with Gasteiger partial charge in [-0.15, -0.1) is 0 Å². The van der Waals surface area contributed by atoms with Crippen molar-refractivity contribution in [3.63, 3.8) is 0 Å². The van der Waals surface area contributed by atoms with Crippen molar-refractivity contribution in [2.45, 2.75) is 25.9 Å². The molecule has 0 aliphatic carbocycles. The lowest BCUT2D eigenvalue weighted by atomic mass is 10.0. The molecule has 1 atom stereocenters. The van der Waals surface area contributed by atoms with Crippen LogP contribution in [-0.2, 0) is 6.42 Å². The summed E-state index contributed by atoms with van der Waals surface area (Å²) >= 11 is 0. The van der Waals surface area contributed by atoms with Crippen molar-refractivity contribution >= 4 is 11.5 Å². The minimum absolute atomic E-state index is 0.0327. The number of aryl methyl sites for hydroxylation is 1. The summed E-state index contributed by atoms with van der Waals surface area (Å²) in [6.07, 6.45) is 1.64. The van der Waals surface area contributed by atoms with Crippen LogP contribution in [0.4, 0.5) is 5.69 Å².